The van der Waals surface area contributed by atoms with Crippen molar-refractivity contribution in [2.75, 3.05) is 6.54 Å². The maximum Gasteiger partial charge on any atom is 0.0218 e. The largest absolute Gasteiger partial charge is 0.330 e. The maximum atomic E-state index is 5.54. The van der Waals surface area contributed by atoms with Crippen molar-refractivity contribution < 1.29 is 0 Å². The van der Waals surface area contributed by atoms with Crippen LogP contribution < -0.4 is 5.73 Å². The van der Waals surface area contributed by atoms with Gasteiger partial charge in [-0.25, -0.2) is 0 Å². The van der Waals surface area contributed by atoms with Crippen molar-refractivity contribution >= 4 is 27.7 Å². The van der Waals surface area contributed by atoms with E-state index in [4.69, 9.17) is 5.73 Å². The molecule has 15 heavy (non-hydrogen) atoms. The summed E-state index contributed by atoms with van der Waals surface area (Å²) in [6, 6.07) is 6.55. The summed E-state index contributed by atoms with van der Waals surface area (Å²) < 4.78 is 1.18. The Balaban J connectivity index is 2.73. The summed E-state index contributed by atoms with van der Waals surface area (Å²) in [6.45, 7) is 5.18. The second-order valence-corrected chi connectivity index (χ2v) is 5.99. The fourth-order valence-electron chi connectivity index (χ4n) is 1.28. The standard InChI is InChI=1S/C12H18BrNS/c1-3-9(2)15-11-5-4-10(6-7-14)12(13)8-11/h4-5,8-9H,3,6-7,14H2,1-2H3. The Morgan fingerprint density at radius 1 is 1.47 bits per heavy atom. The highest BCUT2D eigenvalue weighted by molar-refractivity contribution is 9.10. The van der Waals surface area contributed by atoms with E-state index in [1.165, 1.54) is 21.4 Å². The molecule has 1 unspecified atom stereocenters. The Bertz CT molecular complexity index is 314. The van der Waals surface area contributed by atoms with Crippen molar-refractivity contribution in [3.63, 3.8) is 0 Å². The molecule has 0 aliphatic carbocycles. The zero-order valence-corrected chi connectivity index (χ0v) is 11.7. The van der Waals surface area contributed by atoms with Gasteiger partial charge in [0.2, 0.25) is 0 Å². The molecule has 0 saturated heterocycles. The topological polar surface area (TPSA) is 26.0 Å². The number of halogens is 1. The molecule has 1 rings (SSSR count). The number of hydrogen-bond donors (Lipinski definition) is 1. The van der Waals surface area contributed by atoms with E-state index in [-0.39, 0.29) is 0 Å². The lowest BCUT2D eigenvalue weighted by Gasteiger charge is -2.10. The fraction of sp³-hybridized carbons (Fsp3) is 0.500. The molecule has 84 valence electrons. The second-order valence-electron chi connectivity index (χ2n) is 3.63. The van der Waals surface area contributed by atoms with Crippen molar-refractivity contribution in [3.8, 4) is 0 Å². The number of hydrogen-bond acceptors (Lipinski definition) is 2. The Morgan fingerprint density at radius 3 is 2.73 bits per heavy atom. The number of thioether (sulfide) groups is 1. The van der Waals surface area contributed by atoms with Crippen molar-refractivity contribution in [1.29, 1.82) is 0 Å². The molecule has 1 atom stereocenters. The molecular weight excluding hydrogens is 270 g/mol. The predicted octanol–water partition coefficient (Wildman–Crippen LogP) is 3.84. The van der Waals surface area contributed by atoms with Gasteiger partial charge in [-0.1, -0.05) is 35.8 Å². The van der Waals surface area contributed by atoms with Crippen LogP contribution >= 0.6 is 27.7 Å². The molecule has 1 aromatic rings. The van der Waals surface area contributed by atoms with Gasteiger partial charge in [-0.3, -0.25) is 0 Å². The molecule has 0 aliphatic rings. The Labute approximate surface area is 105 Å². The highest BCUT2D eigenvalue weighted by atomic mass is 79.9. The lowest BCUT2D eigenvalue weighted by Crippen LogP contribution is -2.03. The fourth-order valence-corrected chi connectivity index (χ4v) is 2.97. The molecule has 0 spiro atoms. The molecule has 0 radical (unpaired) electrons. The van der Waals surface area contributed by atoms with E-state index in [0.717, 1.165) is 6.42 Å². The van der Waals surface area contributed by atoms with E-state index < -0.39 is 0 Å². The van der Waals surface area contributed by atoms with E-state index in [9.17, 15) is 0 Å². The minimum absolute atomic E-state index is 0.678. The van der Waals surface area contributed by atoms with Gasteiger partial charge >= 0.3 is 0 Å². The van der Waals surface area contributed by atoms with E-state index >= 15 is 0 Å². The molecule has 3 heteroatoms. The highest BCUT2D eigenvalue weighted by Crippen LogP contribution is 2.29. The normalized spacial score (nSPS) is 12.8. The van der Waals surface area contributed by atoms with Crippen LogP contribution in [-0.4, -0.2) is 11.8 Å². The van der Waals surface area contributed by atoms with Crippen LogP contribution in [-0.2, 0) is 6.42 Å². The molecule has 0 amide bonds. The predicted molar refractivity (Wildman–Crippen MR) is 72.5 cm³/mol. The summed E-state index contributed by atoms with van der Waals surface area (Å²) in [4.78, 5) is 1.33. The molecular formula is C12H18BrNS. The first kappa shape index (κ1) is 13.1. The van der Waals surface area contributed by atoms with Crippen LogP contribution in [0.15, 0.2) is 27.6 Å². The molecule has 1 aromatic carbocycles. The first-order valence-corrected chi connectivity index (χ1v) is 6.99. The first-order valence-electron chi connectivity index (χ1n) is 5.32. The van der Waals surface area contributed by atoms with Crippen LogP contribution in [0.2, 0.25) is 0 Å². The quantitative estimate of drug-likeness (QED) is 0.833. The van der Waals surface area contributed by atoms with Crippen molar-refractivity contribution in [1.82, 2.24) is 0 Å². The Hall–Kier alpha value is 0.01000. The van der Waals surface area contributed by atoms with Gasteiger partial charge in [0, 0.05) is 14.6 Å². The molecule has 1 nitrogen and oxygen atoms in total. The van der Waals surface area contributed by atoms with E-state index in [0.29, 0.717) is 11.8 Å². The molecule has 0 saturated carbocycles. The van der Waals surface area contributed by atoms with Gasteiger partial charge in [-0.05, 0) is 37.1 Å². The highest BCUT2D eigenvalue weighted by Gasteiger charge is 2.04. The minimum atomic E-state index is 0.678. The van der Waals surface area contributed by atoms with E-state index in [1.54, 1.807) is 0 Å². The van der Waals surface area contributed by atoms with Gasteiger partial charge in [-0.2, -0.15) is 0 Å². The van der Waals surface area contributed by atoms with Crippen LogP contribution in [0.1, 0.15) is 25.8 Å². The Kier molecular flexibility index (Phi) is 5.72. The molecule has 0 aromatic heterocycles. The third-order valence-electron chi connectivity index (χ3n) is 2.35. The average Bonchev–Trinajstić information content (AvgIpc) is 2.22. The molecule has 0 heterocycles. The average molecular weight is 288 g/mol. The monoisotopic (exact) mass is 287 g/mol. The van der Waals surface area contributed by atoms with Gasteiger partial charge in [-0.15, -0.1) is 11.8 Å². The van der Waals surface area contributed by atoms with Crippen LogP contribution in [0.5, 0.6) is 0 Å². The van der Waals surface area contributed by atoms with Gasteiger partial charge in [0.05, 0.1) is 0 Å². The second kappa shape index (κ2) is 6.56. The molecule has 0 aliphatic heterocycles. The zero-order valence-electron chi connectivity index (χ0n) is 9.29. The third-order valence-corrected chi connectivity index (χ3v) is 4.35. The first-order chi connectivity index (χ1) is 7.17. The number of nitrogens with two attached hydrogens (primary N) is 1. The van der Waals surface area contributed by atoms with Gasteiger partial charge in [0.15, 0.2) is 0 Å². The summed E-state index contributed by atoms with van der Waals surface area (Å²) in [6.07, 6.45) is 2.14. The van der Waals surface area contributed by atoms with Gasteiger partial charge in [0.25, 0.3) is 0 Å². The van der Waals surface area contributed by atoms with Crippen molar-refractivity contribution in [3.05, 3.63) is 28.2 Å². The molecule has 0 bridgehead atoms. The summed E-state index contributed by atoms with van der Waals surface area (Å²) in [5.41, 5.74) is 6.84. The lowest BCUT2D eigenvalue weighted by molar-refractivity contribution is 0.905. The van der Waals surface area contributed by atoms with Gasteiger partial charge < -0.3 is 5.73 Å². The van der Waals surface area contributed by atoms with Crippen molar-refractivity contribution in [2.24, 2.45) is 5.73 Å². The summed E-state index contributed by atoms with van der Waals surface area (Å²) in [5, 5.41) is 0.678. The minimum Gasteiger partial charge on any atom is -0.330 e. The molecule has 2 N–H and O–H groups in total. The third kappa shape index (κ3) is 4.17. The molecule has 0 fully saturated rings. The number of rotatable bonds is 5. The summed E-state index contributed by atoms with van der Waals surface area (Å²) in [7, 11) is 0. The van der Waals surface area contributed by atoms with Crippen LogP contribution in [0.3, 0.4) is 0 Å². The smallest absolute Gasteiger partial charge is 0.0218 e. The van der Waals surface area contributed by atoms with E-state index in [1.807, 2.05) is 11.8 Å². The van der Waals surface area contributed by atoms with Gasteiger partial charge in [0.1, 0.15) is 0 Å². The zero-order chi connectivity index (χ0) is 11.3. The lowest BCUT2D eigenvalue weighted by atomic mass is 10.1. The maximum absolute atomic E-state index is 5.54. The summed E-state index contributed by atoms with van der Waals surface area (Å²) in [5.74, 6) is 0. The number of benzene rings is 1. The summed E-state index contributed by atoms with van der Waals surface area (Å²) >= 11 is 5.51. The Morgan fingerprint density at radius 2 is 2.20 bits per heavy atom. The van der Waals surface area contributed by atoms with Crippen molar-refractivity contribution in [2.45, 2.75) is 36.8 Å². The SMILES string of the molecule is CCC(C)Sc1ccc(CCN)c(Br)c1. The van der Waals surface area contributed by atoms with Crippen LogP contribution in [0.25, 0.3) is 0 Å². The van der Waals surface area contributed by atoms with Crippen LogP contribution in [0, 0.1) is 0 Å². The van der Waals surface area contributed by atoms with E-state index in [2.05, 4.69) is 48.0 Å². The van der Waals surface area contributed by atoms with Crippen LogP contribution in [0.4, 0.5) is 0 Å².